The molecule has 1 atom stereocenters. The Morgan fingerprint density at radius 2 is 1.93 bits per heavy atom. The lowest BCUT2D eigenvalue weighted by Gasteiger charge is -2.31. The number of amides is 4. The molecule has 2 saturated heterocycles. The van der Waals surface area contributed by atoms with Crippen molar-refractivity contribution in [3.05, 3.63) is 29.3 Å². The fraction of sp³-hybridized carbons (Fsp3) is 0.500. The van der Waals surface area contributed by atoms with E-state index in [1.807, 2.05) is 6.92 Å². The first-order chi connectivity index (χ1) is 13.7. The molecule has 2 fully saturated rings. The fourth-order valence-electron chi connectivity index (χ4n) is 3.84. The first-order valence-corrected chi connectivity index (χ1v) is 9.47. The van der Waals surface area contributed by atoms with E-state index in [0.29, 0.717) is 37.2 Å². The van der Waals surface area contributed by atoms with Crippen LogP contribution in [0.5, 0.6) is 5.75 Å². The van der Waals surface area contributed by atoms with Crippen LogP contribution < -0.4 is 10.1 Å². The van der Waals surface area contributed by atoms with Crippen molar-refractivity contribution in [1.29, 1.82) is 0 Å². The van der Waals surface area contributed by atoms with Crippen molar-refractivity contribution in [3.63, 3.8) is 0 Å². The number of carbonyl (C=O) groups excluding carboxylic acids is 3. The second kappa shape index (κ2) is 7.73. The Labute approximate surface area is 168 Å². The highest BCUT2D eigenvalue weighted by Gasteiger charge is 2.50. The van der Waals surface area contributed by atoms with E-state index < -0.39 is 29.4 Å². The maximum Gasteiger partial charge on any atom is 0.325 e. The van der Waals surface area contributed by atoms with Crippen LogP contribution in [0.3, 0.4) is 0 Å². The smallest absolute Gasteiger partial charge is 0.325 e. The van der Waals surface area contributed by atoms with Crippen molar-refractivity contribution >= 4 is 23.8 Å². The summed E-state index contributed by atoms with van der Waals surface area (Å²) in [7, 11) is 1.55. The van der Waals surface area contributed by atoms with Crippen LogP contribution in [0.1, 0.15) is 30.9 Å². The van der Waals surface area contributed by atoms with E-state index in [-0.39, 0.29) is 12.5 Å². The van der Waals surface area contributed by atoms with Gasteiger partial charge in [-0.25, -0.2) is 4.79 Å². The van der Waals surface area contributed by atoms with Crippen molar-refractivity contribution in [3.8, 4) is 5.75 Å². The van der Waals surface area contributed by atoms with Gasteiger partial charge in [-0.05, 0) is 49.9 Å². The van der Waals surface area contributed by atoms with E-state index in [4.69, 9.17) is 9.84 Å². The highest BCUT2D eigenvalue weighted by atomic mass is 16.5. The van der Waals surface area contributed by atoms with Crippen LogP contribution in [0.25, 0.3) is 0 Å². The Balaban J connectivity index is 1.71. The minimum atomic E-state index is -1.27. The Morgan fingerprint density at radius 1 is 1.28 bits per heavy atom. The molecule has 1 unspecified atom stereocenters. The molecule has 1 aromatic carbocycles. The SMILES string of the molecule is COc1ccc(C2(C)NC(=O)N(CC(=O)N3CCC(C(=O)O)CC3)C2=O)cc1C. The van der Waals surface area contributed by atoms with Crippen molar-refractivity contribution in [2.75, 3.05) is 26.7 Å². The molecule has 0 spiro atoms. The molecule has 3 rings (SSSR count). The number of benzene rings is 1. The molecule has 2 aliphatic rings. The van der Waals surface area contributed by atoms with Crippen molar-refractivity contribution in [1.82, 2.24) is 15.1 Å². The third kappa shape index (κ3) is 3.76. The minimum absolute atomic E-state index is 0.300. The Hall–Kier alpha value is -3.10. The zero-order valence-corrected chi connectivity index (χ0v) is 16.7. The number of nitrogens with one attached hydrogen (secondary N) is 1. The lowest BCUT2D eigenvalue weighted by molar-refractivity contribution is -0.146. The van der Waals surface area contributed by atoms with Crippen LogP contribution in [0, 0.1) is 12.8 Å². The van der Waals surface area contributed by atoms with Gasteiger partial charge in [-0.3, -0.25) is 19.3 Å². The number of piperidine rings is 1. The zero-order valence-electron chi connectivity index (χ0n) is 16.7. The van der Waals surface area contributed by atoms with Crippen LogP contribution in [-0.2, 0) is 19.9 Å². The van der Waals surface area contributed by atoms with Gasteiger partial charge in [0.05, 0.1) is 13.0 Å². The highest BCUT2D eigenvalue weighted by molar-refractivity contribution is 6.09. The fourth-order valence-corrected chi connectivity index (χ4v) is 3.84. The molecule has 9 heteroatoms. The number of imide groups is 1. The molecule has 9 nitrogen and oxygen atoms in total. The normalized spacial score (nSPS) is 22.6. The van der Waals surface area contributed by atoms with E-state index in [1.165, 1.54) is 4.90 Å². The second-order valence-corrected chi connectivity index (χ2v) is 7.62. The maximum atomic E-state index is 13.0. The quantitative estimate of drug-likeness (QED) is 0.711. The molecule has 29 heavy (non-hydrogen) atoms. The summed E-state index contributed by atoms with van der Waals surface area (Å²) in [6.07, 6.45) is 0.730. The molecule has 2 heterocycles. The summed E-state index contributed by atoms with van der Waals surface area (Å²) in [5.74, 6) is -1.52. The number of aliphatic carboxylic acids is 1. The number of hydrogen-bond donors (Lipinski definition) is 2. The van der Waals surface area contributed by atoms with Crippen LogP contribution >= 0.6 is 0 Å². The molecule has 0 bridgehead atoms. The number of ether oxygens (including phenoxy) is 1. The van der Waals surface area contributed by atoms with Crippen LogP contribution in [0.4, 0.5) is 4.79 Å². The van der Waals surface area contributed by atoms with Gasteiger partial charge in [-0.1, -0.05) is 6.07 Å². The van der Waals surface area contributed by atoms with E-state index in [1.54, 1.807) is 32.2 Å². The number of nitrogens with zero attached hydrogens (tertiary/aromatic N) is 2. The van der Waals surface area contributed by atoms with Crippen molar-refractivity contribution in [2.24, 2.45) is 5.92 Å². The van der Waals surface area contributed by atoms with Gasteiger partial charge in [-0.2, -0.15) is 0 Å². The van der Waals surface area contributed by atoms with E-state index in [0.717, 1.165) is 10.5 Å². The molecular weight excluding hydrogens is 378 g/mol. The van der Waals surface area contributed by atoms with Gasteiger partial charge in [-0.15, -0.1) is 0 Å². The summed E-state index contributed by atoms with van der Waals surface area (Å²) < 4.78 is 5.24. The van der Waals surface area contributed by atoms with Gasteiger partial charge >= 0.3 is 12.0 Å². The lowest BCUT2D eigenvalue weighted by Crippen LogP contribution is -2.47. The maximum absolute atomic E-state index is 13.0. The lowest BCUT2D eigenvalue weighted by atomic mass is 9.90. The van der Waals surface area contributed by atoms with Gasteiger partial charge in [0.15, 0.2) is 0 Å². The minimum Gasteiger partial charge on any atom is -0.496 e. The predicted octanol–water partition coefficient (Wildman–Crippen LogP) is 1.09. The van der Waals surface area contributed by atoms with Crippen LogP contribution in [-0.4, -0.2) is 65.5 Å². The number of carboxylic acid groups (broad SMARTS) is 1. The first kappa shape index (κ1) is 20.6. The third-order valence-electron chi connectivity index (χ3n) is 5.74. The van der Waals surface area contributed by atoms with Crippen molar-refractivity contribution in [2.45, 2.75) is 32.2 Å². The molecule has 156 valence electrons. The van der Waals surface area contributed by atoms with Gasteiger partial charge < -0.3 is 20.1 Å². The standard InChI is InChI=1S/C20H25N3O6/c1-12-10-14(4-5-15(12)29-3)20(2)18(27)23(19(28)21-20)11-16(24)22-8-6-13(7-9-22)17(25)26/h4-5,10,13H,6-9,11H2,1-3H3,(H,21,28)(H,25,26). The van der Waals surface area contributed by atoms with E-state index in [2.05, 4.69) is 5.32 Å². The predicted molar refractivity (Wildman–Crippen MR) is 102 cm³/mol. The number of carbonyl (C=O) groups is 4. The molecule has 1 aromatic rings. The van der Waals surface area contributed by atoms with Gasteiger partial charge in [0.2, 0.25) is 5.91 Å². The summed E-state index contributed by atoms with van der Waals surface area (Å²) in [5, 5.41) is 11.8. The number of likely N-dealkylation sites (tertiary alicyclic amines) is 1. The van der Waals surface area contributed by atoms with E-state index in [9.17, 15) is 19.2 Å². The van der Waals surface area contributed by atoms with E-state index >= 15 is 0 Å². The average molecular weight is 403 g/mol. The summed E-state index contributed by atoms with van der Waals surface area (Å²) >= 11 is 0. The molecule has 0 radical (unpaired) electrons. The summed E-state index contributed by atoms with van der Waals surface area (Å²) in [6, 6.07) is 4.60. The number of rotatable bonds is 5. The Morgan fingerprint density at radius 3 is 2.48 bits per heavy atom. The zero-order chi connectivity index (χ0) is 21.3. The summed E-state index contributed by atoms with van der Waals surface area (Å²) in [4.78, 5) is 51.6. The van der Waals surface area contributed by atoms with Gasteiger partial charge in [0.25, 0.3) is 5.91 Å². The summed E-state index contributed by atoms with van der Waals surface area (Å²) in [6.45, 7) is 3.68. The number of aryl methyl sites for hydroxylation is 1. The topological polar surface area (TPSA) is 116 Å². The molecule has 0 saturated carbocycles. The number of carboxylic acids is 1. The average Bonchev–Trinajstić information content (AvgIpc) is 2.92. The monoisotopic (exact) mass is 403 g/mol. The molecule has 0 aromatic heterocycles. The van der Waals surface area contributed by atoms with Gasteiger partial charge in [0.1, 0.15) is 17.8 Å². The Kier molecular flexibility index (Phi) is 5.50. The number of hydrogen-bond acceptors (Lipinski definition) is 5. The molecule has 4 amide bonds. The number of urea groups is 1. The van der Waals surface area contributed by atoms with Gasteiger partial charge in [0, 0.05) is 13.1 Å². The second-order valence-electron chi connectivity index (χ2n) is 7.62. The van der Waals surface area contributed by atoms with Crippen molar-refractivity contribution < 1.29 is 29.0 Å². The largest absolute Gasteiger partial charge is 0.496 e. The highest BCUT2D eigenvalue weighted by Crippen LogP contribution is 2.32. The summed E-state index contributed by atoms with van der Waals surface area (Å²) in [5.41, 5.74) is 0.153. The molecule has 0 aliphatic carbocycles. The molecule has 2 N–H and O–H groups in total. The number of methoxy groups -OCH3 is 1. The molecule has 2 aliphatic heterocycles. The van der Waals surface area contributed by atoms with Crippen LogP contribution in [0.15, 0.2) is 18.2 Å². The first-order valence-electron chi connectivity index (χ1n) is 9.47. The molecular formula is C20H25N3O6. The van der Waals surface area contributed by atoms with Crippen LogP contribution in [0.2, 0.25) is 0 Å². The Bertz CT molecular complexity index is 862. The third-order valence-corrected chi connectivity index (χ3v) is 5.74.